The van der Waals surface area contributed by atoms with Gasteiger partial charge >= 0.3 is 0 Å². The van der Waals surface area contributed by atoms with Crippen LogP contribution in [0.1, 0.15) is 44.1 Å². The Kier molecular flexibility index (Phi) is 5.55. The number of nitriles is 1. The second kappa shape index (κ2) is 8.02. The van der Waals surface area contributed by atoms with Crippen molar-refractivity contribution in [2.45, 2.75) is 51.1 Å². The molecule has 4 heteroatoms. The molecule has 0 bridgehead atoms. The number of fused-ring (bicyclic) bond motifs is 1. The molecule has 0 spiro atoms. The van der Waals surface area contributed by atoms with Gasteiger partial charge in [0, 0.05) is 48.4 Å². The summed E-state index contributed by atoms with van der Waals surface area (Å²) in [6.07, 6.45) is 12.1. The second-order valence-electron chi connectivity index (χ2n) is 6.78. The summed E-state index contributed by atoms with van der Waals surface area (Å²) in [4.78, 5) is 14.4. The maximum Gasteiger partial charge on any atom is 0.246 e. The van der Waals surface area contributed by atoms with E-state index in [-0.39, 0.29) is 5.91 Å². The number of amides is 1. The number of hydrogen-bond acceptors (Lipinski definition) is 2. The Bertz CT molecular complexity index is 806. The van der Waals surface area contributed by atoms with E-state index >= 15 is 0 Å². The lowest BCUT2D eigenvalue weighted by molar-refractivity contribution is -0.127. The number of benzene rings is 1. The van der Waals surface area contributed by atoms with E-state index in [0.29, 0.717) is 19.0 Å². The first-order chi connectivity index (χ1) is 12.2. The summed E-state index contributed by atoms with van der Waals surface area (Å²) in [5.41, 5.74) is 2.13. The van der Waals surface area contributed by atoms with Gasteiger partial charge < -0.3 is 9.47 Å². The van der Waals surface area contributed by atoms with E-state index in [1.807, 2.05) is 36.4 Å². The van der Waals surface area contributed by atoms with Gasteiger partial charge in [-0.2, -0.15) is 5.26 Å². The van der Waals surface area contributed by atoms with Gasteiger partial charge in [0.05, 0.1) is 12.5 Å². The third-order valence-electron chi connectivity index (χ3n) is 5.16. The molecule has 3 rings (SSSR count). The third kappa shape index (κ3) is 3.93. The molecule has 1 amide bonds. The van der Waals surface area contributed by atoms with Crippen LogP contribution in [0.3, 0.4) is 0 Å². The lowest BCUT2D eigenvalue weighted by Crippen LogP contribution is -2.37. The molecule has 1 fully saturated rings. The normalized spacial score (nSPS) is 15.5. The molecule has 25 heavy (non-hydrogen) atoms. The monoisotopic (exact) mass is 335 g/mol. The van der Waals surface area contributed by atoms with Crippen LogP contribution in [0.2, 0.25) is 0 Å². The van der Waals surface area contributed by atoms with E-state index in [1.54, 1.807) is 6.08 Å². The number of carbonyl (C=O) groups excluding carboxylic acids is 1. The molecule has 130 valence electrons. The SMILES string of the molecule is CN(C(=O)/C=C/c1cn(CCC#N)c2ccccc12)C1CCCCC1. The summed E-state index contributed by atoms with van der Waals surface area (Å²) < 4.78 is 2.09. The summed E-state index contributed by atoms with van der Waals surface area (Å²) in [5.74, 6) is 0.0701. The molecule has 1 heterocycles. The van der Waals surface area contributed by atoms with Gasteiger partial charge in [-0.25, -0.2) is 0 Å². The average molecular weight is 335 g/mol. The summed E-state index contributed by atoms with van der Waals surface area (Å²) >= 11 is 0. The van der Waals surface area contributed by atoms with Gasteiger partial charge in [-0.15, -0.1) is 0 Å². The standard InChI is InChI=1S/C21H25N3O/c1-23(18-8-3-2-4-9-18)21(25)13-12-17-16-24(15-7-14-22)20-11-6-5-10-19(17)20/h5-6,10-13,16,18H,2-4,7-9,15H2,1H3/b13-12+. The van der Waals surface area contributed by atoms with Crippen LogP contribution in [-0.4, -0.2) is 28.5 Å². The summed E-state index contributed by atoms with van der Waals surface area (Å²) in [6, 6.07) is 10.7. The number of nitrogens with zero attached hydrogens (tertiary/aromatic N) is 3. The quantitative estimate of drug-likeness (QED) is 0.762. The van der Waals surface area contributed by atoms with Gasteiger partial charge in [-0.3, -0.25) is 4.79 Å². The van der Waals surface area contributed by atoms with Gasteiger partial charge in [0.1, 0.15) is 0 Å². The van der Waals surface area contributed by atoms with Gasteiger partial charge in [0.2, 0.25) is 5.91 Å². The zero-order valence-electron chi connectivity index (χ0n) is 14.8. The smallest absolute Gasteiger partial charge is 0.246 e. The lowest BCUT2D eigenvalue weighted by Gasteiger charge is -2.30. The number of hydrogen-bond donors (Lipinski definition) is 0. The number of rotatable bonds is 5. The zero-order valence-corrected chi connectivity index (χ0v) is 14.8. The first-order valence-corrected chi connectivity index (χ1v) is 9.10. The first kappa shape index (κ1) is 17.3. The van der Waals surface area contributed by atoms with Crippen molar-refractivity contribution in [3.63, 3.8) is 0 Å². The van der Waals surface area contributed by atoms with E-state index in [1.165, 1.54) is 19.3 Å². The van der Waals surface area contributed by atoms with Crippen LogP contribution >= 0.6 is 0 Å². The largest absolute Gasteiger partial charge is 0.346 e. The number of carbonyl (C=O) groups is 1. The molecular weight excluding hydrogens is 310 g/mol. The average Bonchev–Trinajstić information content (AvgIpc) is 3.02. The Labute approximate surface area is 149 Å². The Hall–Kier alpha value is -2.54. The van der Waals surface area contributed by atoms with Gasteiger partial charge in [0.25, 0.3) is 0 Å². The number of para-hydroxylation sites is 1. The second-order valence-corrected chi connectivity index (χ2v) is 6.78. The Morgan fingerprint density at radius 2 is 2.08 bits per heavy atom. The van der Waals surface area contributed by atoms with Crippen molar-refractivity contribution >= 4 is 22.9 Å². The van der Waals surface area contributed by atoms with Crippen molar-refractivity contribution in [1.82, 2.24) is 9.47 Å². The predicted octanol–water partition coefficient (Wildman–Crippen LogP) is 4.36. The highest BCUT2D eigenvalue weighted by Gasteiger charge is 2.20. The molecule has 1 aliphatic carbocycles. The van der Waals surface area contributed by atoms with Crippen molar-refractivity contribution in [3.8, 4) is 6.07 Å². The van der Waals surface area contributed by atoms with Gasteiger partial charge in [-0.1, -0.05) is 37.5 Å². The minimum atomic E-state index is 0.0701. The van der Waals surface area contributed by atoms with Crippen molar-refractivity contribution in [2.75, 3.05) is 7.05 Å². The van der Waals surface area contributed by atoms with Crippen LogP contribution in [0.5, 0.6) is 0 Å². The maximum atomic E-state index is 12.5. The van der Waals surface area contributed by atoms with E-state index in [9.17, 15) is 4.79 Å². The lowest BCUT2D eigenvalue weighted by atomic mass is 9.94. The van der Waals surface area contributed by atoms with Crippen LogP contribution in [-0.2, 0) is 11.3 Å². The predicted molar refractivity (Wildman–Crippen MR) is 101 cm³/mol. The van der Waals surface area contributed by atoms with E-state index in [4.69, 9.17) is 5.26 Å². The summed E-state index contributed by atoms with van der Waals surface area (Å²) in [7, 11) is 1.92. The topological polar surface area (TPSA) is 49.0 Å². The van der Waals surface area contributed by atoms with E-state index < -0.39 is 0 Å². The van der Waals surface area contributed by atoms with Crippen LogP contribution in [0.25, 0.3) is 17.0 Å². The molecule has 4 nitrogen and oxygen atoms in total. The van der Waals surface area contributed by atoms with E-state index in [2.05, 4.69) is 22.8 Å². The molecule has 1 aromatic heterocycles. The molecule has 1 aromatic carbocycles. The fraction of sp³-hybridized carbons (Fsp3) is 0.429. The van der Waals surface area contributed by atoms with Gasteiger partial charge in [-0.05, 0) is 25.0 Å². The fourth-order valence-corrected chi connectivity index (χ4v) is 3.69. The molecule has 0 saturated heterocycles. The highest BCUT2D eigenvalue weighted by Crippen LogP contribution is 2.24. The summed E-state index contributed by atoms with van der Waals surface area (Å²) in [5, 5.41) is 9.96. The van der Waals surface area contributed by atoms with Crippen molar-refractivity contribution < 1.29 is 4.79 Å². The van der Waals surface area contributed by atoms with Crippen molar-refractivity contribution in [3.05, 3.63) is 42.1 Å². The molecule has 2 aromatic rings. The minimum absolute atomic E-state index is 0.0701. The molecule has 0 aliphatic heterocycles. The molecule has 0 radical (unpaired) electrons. The first-order valence-electron chi connectivity index (χ1n) is 9.10. The van der Waals surface area contributed by atoms with Crippen LogP contribution in [0, 0.1) is 11.3 Å². The van der Waals surface area contributed by atoms with E-state index in [0.717, 1.165) is 29.3 Å². The molecule has 0 unspecified atom stereocenters. The maximum absolute atomic E-state index is 12.5. The molecular formula is C21H25N3O. The highest BCUT2D eigenvalue weighted by molar-refractivity contribution is 5.96. The fourth-order valence-electron chi connectivity index (χ4n) is 3.69. The Morgan fingerprint density at radius 1 is 1.32 bits per heavy atom. The zero-order chi connectivity index (χ0) is 17.6. The van der Waals surface area contributed by atoms with Gasteiger partial charge in [0.15, 0.2) is 0 Å². The minimum Gasteiger partial charge on any atom is -0.346 e. The highest BCUT2D eigenvalue weighted by atomic mass is 16.2. The number of aromatic nitrogens is 1. The van der Waals surface area contributed by atoms with Crippen molar-refractivity contribution in [1.29, 1.82) is 5.26 Å². The van der Waals surface area contributed by atoms with Crippen LogP contribution in [0.4, 0.5) is 0 Å². The number of likely N-dealkylation sites (N-methyl/N-ethyl adjacent to an activating group) is 1. The Balaban J connectivity index is 1.78. The third-order valence-corrected chi connectivity index (χ3v) is 5.16. The van der Waals surface area contributed by atoms with Crippen LogP contribution < -0.4 is 0 Å². The molecule has 1 saturated carbocycles. The van der Waals surface area contributed by atoms with Crippen molar-refractivity contribution in [2.24, 2.45) is 0 Å². The Morgan fingerprint density at radius 3 is 2.84 bits per heavy atom. The molecule has 0 N–H and O–H groups in total. The number of aryl methyl sites for hydroxylation is 1. The summed E-state index contributed by atoms with van der Waals surface area (Å²) in [6.45, 7) is 0.667. The molecule has 0 atom stereocenters. The van der Waals surface area contributed by atoms with Crippen LogP contribution in [0.15, 0.2) is 36.5 Å². The molecule has 1 aliphatic rings.